The van der Waals surface area contributed by atoms with Crippen LogP contribution in [0.4, 0.5) is 5.82 Å². The summed E-state index contributed by atoms with van der Waals surface area (Å²) in [5.41, 5.74) is 6.94. The van der Waals surface area contributed by atoms with Crippen LogP contribution in [0.25, 0.3) is 32.6 Å². The van der Waals surface area contributed by atoms with E-state index < -0.39 is 0 Å². The van der Waals surface area contributed by atoms with Crippen molar-refractivity contribution in [1.82, 2.24) is 24.3 Å². The number of rotatable bonds is 5. The Morgan fingerprint density at radius 3 is 2.56 bits per heavy atom. The van der Waals surface area contributed by atoms with Gasteiger partial charge in [-0.25, -0.2) is 4.98 Å². The van der Waals surface area contributed by atoms with Crippen LogP contribution in [0.5, 0.6) is 0 Å². The highest BCUT2D eigenvalue weighted by molar-refractivity contribution is 5.89. The molecule has 6 heteroatoms. The lowest BCUT2D eigenvalue weighted by Crippen LogP contribution is -2.01. The number of fused-ring (bicyclic) bond motifs is 3. The van der Waals surface area contributed by atoms with Crippen LogP contribution in [-0.4, -0.2) is 24.3 Å². The van der Waals surface area contributed by atoms with Gasteiger partial charge < -0.3 is 9.88 Å². The number of anilines is 1. The predicted molar refractivity (Wildman–Crippen MR) is 138 cm³/mol. The van der Waals surface area contributed by atoms with E-state index in [0.29, 0.717) is 6.54 Å². The molecule has 0 fully saturated rings. The van der Waals surface area contributed by atoms with Crippen LogP contribution >= 0.6 is 0 Å². The summed E-state index contributed by atoms with van der Waals surface area (Å²) in [6.07, 6.45) is 5.76. The van der Waals surface area contributed by atoms with Gasteiger partial charge in [-0.2, -0.15) is 5.10 Å². The van der Waals surface area contributed by atoms with Gasteiger partial charge in [0.1, 0.15) is 5.82 Å². The molecule has 34 heavy (non-hydrogen) atoms. The van der Waals surface area contributed by atoms with Gasteiger partial charge in [0, 0.05) is 59.9 Å². The van der Waals surface area contributed by atoms with Crippen molar-refractivity contribution in [3.05, 3.63) is 95.7 Å². The Labute approximate surface area is 197 Å². The molecule has 168 valence electrons. The topological polar surface area (TPSA) is 60.6 Å². The number of hydrogen-bond donors (Lipinski definition) is 1. The molecule has 4 aromatic heterocycles. The highest BCUT2D eigenvalue weighted by Gasteiger charge is 2.09. The highest BCUT2D eigenvalue weighted by atomic mass is 15.3. The molecule has 0 aliphatic carbocycles. The standard InChI is InChI=1S/C28H26N6/c1-18-12-23-14-21(5-7-27(23)33(18)3)16-34-17-25-26(32-34)9-11-30-28(25)31-15-20-4-6-24-19(2)29-10-8-22(24)13-20/h4-14,17H,15-16H2,1-3H3,(H,30,31). The van der Waals surface area contributed by atoms with Crippen LogP contribution in [0, 0.1) is 13.8 Å². The number of benzene rings is 2. The van der Waals surface area contributed by atoms with Crippen molar-refractivity contribution in [2.24, 2.45) is 7.05 Å². The average Bonchev–Trinajstić information content (AvgIpc) is 3.37. The lowest BCUT2D eigenvalue weighted by atomic mass is 10.1. The summed E-state index contributed by atoms with van der Waals surface area (Å²) in [4.78, 5) is 8.98. The van der Waals surface area contributed by atoms with E-state index in [-0.39, 0.29) is 0 Å². The molecular weight excluding hydrogens is 420 g/mol. The van der Waals surface area contributed by atoms with Crippen molar-refractivity contribution in [3.63, 3.8) is 0 Å². The number of nitrogens with one attached hydrogen (secondary N) is 1. The van der Waals surface area contributed by atoms with E-state index in [9.17, 15) is 0 Å². The Kier molecular flexibility index (Phi) is 4.80. The molecule has 0 atom stereocenters. The molecule has 1 N–H and O–H groups in total. The predicted octanol–water partition coefficient (Wildman–Crippen LogP) is 5.75. The summed E-state index contributed by atoms with van der Waals surface area (Å²) in [5.74, 6) is 0.851. The van der Waals surface area contributed by atoms with E-state index >= 15 is 0 Å². The molecule has 0 bridgehead atoms. The number of hydrogen-bond acceptors (Lipinski definition) is 4. The third kappa shape index (κ3) is 3.57. The van der Waals surface area contributed by atoms with Gasteiger partial charge in [-0.15, -0.1) is 0 Å². The second kappa shape index (κ2) is 7.99. The SMILES string of the molecule is Cc1nccc2cc(CNc3nccc4nn(Cc5ccc6c(c5)cc(C)n6C)cc34)ccc12. The fourth-order valence-corrected chi connectivity index (χ4v) is 4.71. The second-order valence-corrected chi connectivity index (χ2v) is 8.96. The zero-order valence-corrected chi connectivity index (χ0v) is 19.6. The molecule has 0 spiro atoms. The monoisotopic (exact) mass is 446 g/mol. The van der Waals surface area contributed by atoms with Crippen LogP contribution in [0.15, 0.2) is 73.2 Å². The zero-order valence-electron chi connectivity index (χ0n) is 19.6. The molecule has 0 unspecified atom stereocenters. The third-order valence-electron chi connectivity index (χ3n) is 6.66. The normalized spacial score (nSPS) is 11.6. The third-order valence-corrected chi connectivity index (χ3v) is 6.66. The van der Waals surface area contributed by atoms with Crippen molar-refractivity contribution in [2.75, 3.05) is 5.32 Å². The maximum absolute atomic E-state index is 4.80. The maximum Gasteiger partial charge on any atom is 0.137 e. The zero-order chi connectivity index (χ0) is 23.2. The molecule has 6 rings (SSSR count). The van der Waals surface area contributed by atoms with Crippen molar-refractivity contribution < 1.29 is 0 Å². The van der Waals surface area contributed by atoms with E-state index in [1.54, 1.807) is 0 Å². The van der Waals surface area contributed by atoms with Gasteiger partial charge in [-0.05, 0) is 66.8 Å². The molecule has 0 aliphatic rings. The minimum Gasteiger partial charge on any atom is -0.365 e. The summed E-state index contributed by atoms with van der Waals surface area (Å²) in [6, 6.07) is 19.4. The van der Waals surface area contributed by atoms with Crippen LogP contribution in [0.1, 0.15) is 22.5 Å². The van der Waals surface area contributed by atoms with Gasteiger partial charge in [-0.3, -0.25) is 9.67 Å². The fourth-order valence-electron chi connectivity index (χ4n) is 4.71. The average molecular weight is 447 g/mol. The molecule has 0 radical (unpaired) electrons. The van der Waals surface area contributed by atoms with E-state index in [2.05, 4.69) is 88.6 Å². The number of nitrogens with zero attached hydrogens (tertiary/aromatic N) is 5. The molecular formula is C28H26N6. The van der Waals surface area contributed by atoms with Gasteiger partial charge >= 0.3 is 0 Å². The summed E-state index contributed by atoms with van der Waals surface area (Å²) in [7, 11) is 2.11. The first kappa shape index (κ1) is 20.4. The molecule has 0 saturated carbocycles. The van der Waals surface area contributed by atoms with Crippen molar-refractivity contribution >= 4 is 38.4 Å². The van der Waals surface area contributed by atoms with E-state index in [1.165, 1.54) is 38.5 Å². The van der Waals surface area contributed by atoms with E-state index in [0.717, 1.165) is 29.0 Å². The Morgan fingerprint density at radius 1 is 0.824 bits per heavy atom. The molecule has 4 heterocycles. The maximum atomic E-state index is 4.80. The first-order valence-electron chi connectivity index (χ1n) is 11.5. The van der Waals surface area contributed by atoms with Crippen molar-refractivity contribution in [3.8, 4) is 0 Å². The summed E-state index contributed by atoms with van der Waals surface area (Å²) >= 11 is 0. The van der Waals surface area contributed by atoms with Crippen LogP contribution < -0.4 is 5.32 Å². The minimum atomic E-state index is 0.693. The van der Waals surface area contributed by atoms with Gasteiger partial charge in [0.05, 0.1) is 17.4 Å². The molecule has 0 amide bonds. The lowest BCUT2D eigenvalue weighted by molar-refractivity contribution is 0.696. The number of pyridine rings is 2. The smallest absolute Gasteiger partial charge is 0.137 e. The molecule has 0 aliphatic heterocycles. The van der Waals surface area contributed by atoms with Crippen molar-refractivity contribution in [2.45, 2.75) is 26.9 Å². The number of aryl methyl sites for hydroxylation is 3. The van der Waals surface area contributed by atoms with Crippen molar-refractivity contribution in [1.29, 1.82) is 0 Å². The Morgan fingerprint density at radius 2 is 1.65 bits per heavy atom. The van der Waals surface area contributed by atoms with E-state index in [1.807, 2.05) is 30.1 Å². The van der Waals surface area contributed by atoms with Crippen LogP contribution in [-0.2, 0) is 20.1 Å². The largest absolute Gasteiger partial charge is 0.365 e. The molecule has 6 aromatic rings. The highest BCUT2D eigenvalue weighted by Crippen LogP contribution is 2.24. The second-order valence-electron chi connectivity index (χ2n) is 8.96. The van der Waals surface area contributed by atoms with Gasteiger partial charge in [-0.1, -0.05) is 18.2 Å². The first-order valence-corrected chi connectivity index (χ1v) is 11.5. The molecule has 6 nitrogen and oxygen atoms in total. The lowest BCUT2D eigenvalue weighted by Gasteiger charge is -2.08. The molecule has 0 saturated heterocycles. The summed E-state index contributed by atoms with van der Waals surface area (Å²) in [6.45, 7) is 5.59. The van der Waals surface area contributed by atoms with Gasteiger partial charge in [0.2, 0.25) is 0 Å². The van der Waals surface area contributed by atoms with Gasteiger partial charge in [0.15, 0.2) is 0 Å². The van der Waals surface area contributed by atoms with Crippen LogP contribution in [0.3, 0.4) is 0 Å². The Bertz CT molecular complexity index is 1670. The summed E-state index contributed by atoms with van der Waals surface area (Å²) < 4.78 is 4.22. The van der Waals surface area contributed by atoms with Crippen LogP contribution in [0.2, 0.25) is 0 Å². The van der Waals surface area contributed by atoms with E-state index in [4.69, 9.17) is 5.10 Å². The van der Waals surface area contributed by atoms with Gasteiger partial charge in [0.25, 0.3) is 0 Å². The number of aromatic nitrogens is 5. The minimum absolute atomic E-state index is 0.693. The molecule has 2 aromatic carbocycles. The summed E-state index contributed by atoms with van der Waals surface area (Å²) in [5, 5.41) is 13.0. The fraction of sp³-hybridized carbons (Fsp3) is 0.179. The first-order chi connectivity index (χ1) is 16.5. The Balaban J connectivity index is 1.25. The Hall–Kier alpha value is -4.19. The quantitative estimate of drug-likeness (QED) is 0.366.